The zero-order valence-corrected chi connectivity index (χ0v) is 9.74. The smallest absolute Gasteiger partial charge is 0.255 e. The maximum absolute atomic E-state index is 11.8. The number of carbonyl (C=O) groups excluding carboxylic acids is 1. The van der Waals surface area contributed by atoms with Crippen molar-refractivity contribution < 1.29 is 4.79 Å². The Morgan fingerprint density at radius 3 is 2.47 bits per heavy atom. The second-order valence-electron chi connectivity index (χ2n) is 3.59. The summed E-state index contributed by atoms with van der Waals surface area (Å²) in [7, 11) is 0. The first-order valence-electron chi connectivity index (χ1n) is 5.07. The topological polar surface area (TPSA) is 55.1 Å². The van der Waals surface area contributed by atoms with Crippen LogP contribution in [0.15, 0.2) is 48.5 Å². The molecular weight excluding hydrogens is 236 g/mol. The van der Waals surface area contributed by atoms with Crippen molar-refractivity contribution in [1.29, 1.82) is 0 Å². The summed E-state index contributed by atoms with van der Waals surface area (Å²) >= 11 is 5.75. The molecule has 0 atom stereocenters. The Labute approximate surface area is 104 Å². The van der Waals surface area contributed by atoms with Gasteiger partial charge in [0.15, 0.2) is 0 Å². The third kappa shape index (κ3) is 2.98. The van der Waals surface area contributed by atoms with Crippen molar-refractivity contribution in [1.82, 2.24) is 0 Å². The molecule has 3 N–H and O–H groups in total. The van der Waals surface area contributed by atoms with Gasteiger partial charge < -0.3 is 11.1 Å². The highest BCUT2D eigenvalue weighted by atomic mass is 35.5. The molecule has 0 bridgehead atoms. The average Bonchev–Trinajstić information content (AvgIpc) is 2.29. The molecule has 17 heavy (non-hydrogen) atoms. The van der Waals surface area contributed by atoms with Gasteiger partial charge in [0.2, 0.25) is 0 Å². The van der Waals surface area contributed by atoms with E-state index in [0.717, 1.165) is 0 Å². The second kappa shape index (κ2) is 4.89. The van der Waals surface area contributed by atoms with E-state index in [1.165, 1.54) is 0 Å². The van der Waals surface area contributed by atoms with Crippen molar-refractivity contribution in [3.8, 4) is 0 Å². The van der Waals surface area contributed by atoms with Crippen LogP contribution in [-0.4, -0.2) is 5.91 Å². The number of halogens is 1. The lowest BCUT2D eigenvalue weighted by molar-refractivity contribution is 0.102. The number of rotatable bonds is 2. The number of nitrogens with two attached hydrogens (primary N) is 1. The van der Waals surface area contributed by atoms with Crippen molar-refractivity contribution in [2.75, 3.05) is 11.1 Å². The summed E-state index contributed by atoms with van der Waals surface area (Å²) in [6, 6.07) is 13.7. The normalized spacial score (nSPS) is 9.94. The molecule has 86 valence electrons. The summed E-state index contributed by atoms with van der Waals surface area (Å²) in [6.45, 7) is 0. The fraction of sp³-hybridized carbons (Fsp3) is 0. The van der Waals surface area contributed by atoms with Crippen LogP contribution in [0.1, 0.15) is 10.4 Å². The van der Waals surface area contributed by atoms with Gasteiger partial charge in [0.25, 0.3) is 5.91 Å². The number of nitrogens with one attached hydrogen (secondary N) is 1. The summed E-state index contributed by atoms with van der Waals surface area (Å²) in [4.78, 5) is 11.8. The van der Waals surface area contributed by atoms with Gasteiger partial charge >= 0.3 is 0 Å². The fourth-order valence-corrected chi connectivity index (χ4v) is 1.55. The van der Waals surface area contributed by atoms with Crippen molar-refractivity contribution in [2.45, 2.75) is 0 Å². The predicted molar refractivity (Wildman–Crippen MR) is 70.3 cm³/mol. The number of benzene rings is 2. The van der Waals surface area contributed by atoms with Gasteiger partial charge in [0, 0.05) is 22.0 Å². The summed E-state index contributed by atoms with van der Waals surface area (Å²) in [5.41, 5.74) is 7.46. The van der Waals surface area contributed by atoms with E-state index >= 15 is 0 Å². The van der Waals surface area contributed by atoms with Gasteiger partial charge in [0.05, 0.1) is 0 Å². The first-order valence-corrected chi connectivity index (χ1v) is 5.45. The lowest BCUT2D eigenvalue weighted by Gasteiger charge is -2.05. The minimum Gasteiger partial charge on any atom is -0.399 e. The Kier molecular flexibility index (Phi) is 3.30. The Bertz CT molecular complexity index is 537. The number of anilines is 2. The molecule has 0 aliphatic rings. The van der Waals surface area contributed by atoms with Gasteiger partial charge in [-0.2, -0.15) is 0 Å². The molecule has 2 aromatic rings. The molecule has 0 fully saturated rings. The molecule has 0 aliphatic heterocycles. The molecule has 0 unspecified atom stereocenters. The molecule has 2 rings (SSSR count). The van der Waals surface area contributed by atoms with Crippen LogP contribution in [0.4, 0.5) is 11.4 Å². The van der Waals surface area contributed by atoms with E-state index in [-0.39, 0.29) is 5.91 Å². The first-order chi connectivity index (χ1) is 8.15. The third-order valence-electron chi connectivity index (χ3n) is 2.25. The van der Waals surface area contributed by atoms with Crippen LogP contribution in [0, 0.1) is 0 Å². The highest BCUT2D eigenvalue weighted by Gasteiger charge is 2.05. The maximum Gasteiger partial charge on any atom is 0.255 e. The van der Waals surface area contributed by atoms with Crippen molar-refractivity contribution in [3.63, 3.8) is 0 Å². The van der Waals surface area contributed by atoms with Gasteiger partial charge in [-0.25, -0.2) is 0 Å². The summed E-state index contributed by atoms with van der Waals surface area (Å²) in [6.07, 6.45) is 0. The molecule has 0 aromatic heterocycles. The Morgan fingerprint density at radius 1 is 1.12 bits per heavy atom. The molecule has 0 saturated heterocycles. The lowest BCUT2D eigenvalue weighted by atomic mass is 10.2. The lowest BCUT2D eigenvalue weighted by Crippen LogP contribution is -2.11. The molecule has 0 aliphatic carbocycles. The van der Waals surface area contributed by atoms with E-state index in [9.17, 15) is 4.79 Å². The van der Waals surface area contributed by atoms with Gasteiger partial charge in [-0.05, 0) is 42.5 Å². The van der Waals surface area contributed by atoms with Crippen molar-refractivity contribution >= 4 is 28.9 Å². The van der Waals surface area contributed by atoms with Crippen molar-refractivity contribution in [3.05, 3.63) is 59.1 Å². The van der Waals surface area contributed by atoms with E-state index < -0.39 is 0 Å². The summed E-state index contributed by atoms with van der Waals surface area (Å²) in [5, 5.41) is 3.36. The third-order valence-corrected chi connectivity index (χ3v) is 2.50. The SMILES string of the molecule is Nc1cccc(NC(=O)c2ccc(Cl)cc2)c1. The summed E-state index contributed by atoms with van der Waals surface area (Å²) < 4.78 is 0. The number of hydrogen-bond acceptors (Lipinski definition) is 2. The average molecular weight is 247 g/mol. The first kappa shape index (κ1) is 11.5. The number of nitrogen functional groups attached to an aromatic ring is 1. The van der Waals surface area contributed by atoms with E-state index in [4.69, 9.17) is 17.3 Å². The van der Waals surface area contributed by atoms with Crippen LogP contribution in [0.25, 0.3) is 0 Å². The second-order valence-corrected chi connectivity index (χ2v) is 4.02. The molecule has 0 spiro atoms. The van der Waals surface area contributed by atoms with E-state index in [0.29, 0.717) is 22.0 Å². The summed E-state index contributed by atoms with van der Waals surface area (Å²) in [5.74, 6) is -0.188. The Morgan fingerprint density at radius 2 is 1.82 bits per heavy atom. The molecule has 0 radical (unpaired) electrons. The Balaban J connectivity index is 2.14. The molecule has 1 amide bonds. The van der Waals surface area contributed by atoms with Crippen LogP contribution in [0.5, 0.6) is 0 Å². The van der Waals surface area contributed by atoms with Gasteiger partial charge in [-0.1, -0.05) is 17.7 Å². The van der Waals surface area contributed by atoms with Gasteiger partial charge in [-0.3, -0.25) is 4.79 Å². The predicted octanol–water partition coefficient (Wildman–Crippen LogP) is 3.17. The molecule has 0 saturated carbocycles. The van der Waals surface area contributed by atoms with Crippen LogP contribution in [0.3, 0.4) is 0 Å². The van der Waals surface area contributed by atoms with Gasteiger partial charge in [0.1, 0.15) is 0 Å². The fourth-order valence-electron chi connectivity index (χ4n) is 1.42. The molecule has 2 aromatic carbocycles. The van der Waals surface area contributed by atoms with Crippen LogP contribution in [0.2, 0.25) is 5.02 Å². The maximum atomic E-state index is 11.8. The number of amides is 1. The van der Waals surface area contributed by atoms with Gasteiger partial charge in [-0.15, -0.1) is 0 Å². The number of carbonyl (C=O) groups is 1. The van der Waals surface area contributed by atoms with Crippen LogP contribution >= 0.6 is 11.6 Å². The quantitative estimate of drug-likeness (QED) is 0.800. The molecule has 3 nitrogen and oxygen atoms in total. The minimum absolute atomic E-state index is 0.188. The highest BCUT2D eigenvalue weighted by Crippen LogP contribution is 2.14. The minimum atomic E-state index is -0.188. The molecule has 4 heteroatoms. The van der Waals surface area contributed by atoms with Crippen molar-refractivity contribution in [2.24, 2.45) is 0 Å². The Hall–Kier alpha value is -2.00. The molecular formula is C13H11ClN2O. The van der Waals surface area contributed by atoms with Crippen LogP contribution < -0.4 is 11.1 Å². The van der Waals surface area contributed by atoms with E-state index in [2.05, 4.69) is 5.32 Å². The van der Waals surface area contributed by atoms with E-state index in [1.807, 2.05) is 0 Å². The van der Waals surface area contributed by atoms with Crippen LogP contribution in [-0.2, 0) is 0 Å². The number of hydrogen-bond donors (Lipinski definition) is 2. The largest absolute Gasteiger partial charge is 0.399 e. The monoisotopic (exact) mass is 246 g/mol. The zero-order chi connectivity index (χ0) is 12.3. The molecule has 0 heterocycles. The highest BCUT2D eigenvalue weighted by molar-refractivity contribution is 6.30. The van der Waals surface area contributed by atoms with E-state index in [1.54, 1.807) is 48.5 Å². The standard InChI is InChI=1S/C13H11ClN2O/c14-10-6-4-9(5-7-10)13(17)16-12-3-1-2-11(15)8-12/h1-8H,15H2,(H,16,17). The zero-order valence-electron chi connectivity index (χ0n) is 8.98.